The van der Waals surface area contributed by atoms with Gasteiger partial charge in [-0.2, -0.15) is 0 Å². The SMILES string of the molecule is CC(C)(C)OCCOCCOCCOC(F)(F)F. The Labute approximate surface area is 105 Å². The van der Waals surface area contributed by atoms with Gasteiger partial charge in [-0.05, 0) is 20.8 Å². The highest BCUT2D eigenvalue weighted by Gasteiger charge is 2.28. The summed E-state index contributed by atoms with van der Waals surface area (Å²) < 4.78 is 53.6. The molecule has 0 fully saturated rings. The number of hydrogen-bond donors (Lipinski definition) is 0. The number of rotatable bonds is 9. The molecule has 0 rings (SSSR count). The van der Waals surface area contributed by atoms with Crippen molar-refractivity contribution >= 4 is 0 Å². The molecule has 0 radical (unpaired) electrons. The molecule has 110 valence electrons. The standard InChI is InChI=1S/C11H21F3O4/c1-10(2,3)17-8-6-15-4-5-16-7-9-18-11(12,13)14/h4-9H2,1-3H3. The van der Waals surface area contributed by atoms with Crippen LogP contribution in [0, 0.1) is 0 Å². The molecule has 0 spiro atoms. The average molecular weight is 274 g/mol. The summed E-state index contributed by atoms with van der Waals surface area (Å²) in [6.07, 6.45) is -4.59. The maximum Gasteiger partial charge on any atom is 0.522 e. The second-order valence-electron chi connectivity index (χ2n) is 4.48. The first kappa shape index (κ1) is 17.6. The fraction of sp³-hybridized carbons (Fsp3) is 1.00. The molecule has 0 saturated heterocycles. The summed E-state index contributed by atoms with van der Waals surface area (Å²) in [5.74, 6) is 0. The summed E-state index contributed by atoms with van der Waals surface area (Å²) in [4.78, 5) is 0. The molecule has 0 aromatic heterocycles. The van der Waals surface area contributed by atoms with E-state index in [4.69, 9.17) is 14.2 Å². The van der Waals surface area contributed by atoms with Crippen LogP contribution < -0.4 is 0 Å². The second kappa shape index (κ2) is 8.68. The van der Waals surface area contributed by atoms with Crippen molar-refractivity contribution in [1.82, 2.24) is 0 Å². The molecule has 0 aliphatic rings. The summed E-state index contributed by atoms with van der Waals surface area (Å²) in [5.41, 5.74) is -0.200. The van der Waals surface area contributed by atoms with E-state index >= 15 is 0 Å². The molecule has 18 heavy (non-hydrogen) atoms. The van der Waals surface area contributed by atoms with Gasteiger partial charge >= 0.3 is 6.36 Å². The van der Waals surface area contributed by atoms with Crippen LogP contribution in [0.15, 0.2) is 0 Å². The molecule has 4 nitrogen and oxygen atoms in total. The van der Waals surface area contributed by atoms with Crippen molar-refractivity contribution in [1.29, 1.82) is 0 Å². The molecule has 0 aliphatic carbocycles. The van der Waals surface area contributed by atoms with Crippen LogP contribution in [0.25, 0.3) is 0 Å². The van der Waals surface area contributed by atoms with Crippen LogP contribution in [0.3, 0.4) is 0 Å². The van der Waals surface area contributed by atoms with Crippen molar-refractivity contribution in [2.24, 2.45) is 0 Å². The molecular weight excluding hydrogens is 253 g/mol. The van der Waals surface area contributed by atoms with Gasteiger partial charge in [0.2, 0.25) is 0 Å². The number of halogens is 3. The Balaban J connectivity index is 3.13. The average Bonchev–Trinajstić information content (AvgIpc) is 2.17. The van der Waals surface area contributed by atoms with Crippen molar-refractivity contribution in [3.8, 4) is 0 Å². The molecule has 0 aromatic carbocycles. The van der Waals surface area contributed by atoms with E-state index in [1.54, 1.807) is 0 Å². The zero-order valence-electron chi connectivity index (χ0n) is 11.0. The fourth-order valence-corrected chi connectivity index (χ4v) is 0.945. The Hall–Kier alpha value is -0.370. The Morgan fingerprint density at radius 3 is 1.44 bits per heavy atom. The lowest BCUT2D eigenvalue weighted by molar-refractivity contribution is -0.327. The highest BCUT2D eigenvalue weighted by molar-refractivity contribution is 4.57. The predicted octanol–water partition coefficient (Wildman–Crippen LogP) is 2.37. The fourth-order valence-electron chi connectivity index (χ4n) is 0.945. The van der Waals surface area contributed by atoms with E-state index in [9.17, 15) is 13.2 Å². The molecule has 0 aliphatic heterocycles. The van der Waals surface area contributed by atoms with E-state index in [2.05, 4.69) is 4.74 Å². The summed E-state index contributed by atoms with van der Waals surface area (Å²) in [6.45, 7) is 6.67. The molecule has 0 atom stereocenters. The van der Waals surface area contributed by atoms with E-state index < -0.39 is 13.0 Å². The minimum atomic E-state index is -4.59. The molecule has 0 amide bonds. The van der Waals surface area contributed by atoms with Gasteiger partial charge in [0.05, 0.1) is 45.2 Å². The maximum atomic E-state index is 11.6. The van der Waals surface area contributed by atoms with Gasteiger partial charge in [0, 0.05) is 0 Å². The minimum absolute atomic E-state index is 0.110. The van der Waals surface area contributed by atoms with Gasteiger partial charge in [0.1, 0.15) is 0 Å². The molecule has 7 heteroatoms. The van der Waals surface area contributed by atoms with Gasteiger partial charge in [-0.15, -0.1) is 13.2 Å². The Morgan fingerprint density at radius 2 is 1.06 bits per heavy atom. The van der Waals surface area contributed by atoms with Gasteiger partial charge in [-0.1, -0.05) is 0 Å². The van der Waals surface area contributed by atoms with Crippen LogP contribution >= 0.6 is 0 Å². The maximum absolute atomic E-state index is 11.6. The molecule has 0 saturated carbocycles. The van der Waals surface area contributed by atoms with Crippen molar-refractivity contribution in [3.05, 3.63) is 0 Å². The van der Waals surface area contributed by atoms with E-state index in [-0.39, 0.29) is 18.8 Å². The Kier molecular flexibility index (Phi) is 8.51. The predicted molar refractivity (Wildman–Crippen MR) is 59.4 cm³/mol. The van der Waals surface area contributed by atoms with Crippen molar-refractivity contribution < 1.29 is 32.1 Å². The first-order valence-corrected chi connectivity index (χ1v) is 5.71. The van der Waals surface area contributed by atoms with Gasteiger partial charge in [0.15, 0.2) is 0 Å². The second-order valence-corrected chi connectivity index (χ2v) is 4.48. The smallest absolute Gasteiger partial charge is 0.377 e. The number of ether oxygens (including phenoxy) is 4. The van der Waals surface area contributed by atoms with Crippen molar-refractivity contribution in [2.45, 2.75) is 32.7 Å². The van der Waals surface area contributed by atoms with Gasteiger partial charge in [0.25, 0.3) is 0 Å². The van der Waals surface area contributed by atoms with E-state index in [1.165, 1.54) is 0 Å². The summed E-state index contributed by atoms with van der Waals surface area (Å²) in [6, 6.07) is 0. The molecule has 0 unspecified atom stereocenters. The van der Waals surface area contributed by atoms with Gasteiger partial charge < -0.3 is 14.2 Å². The van der Waals surface area contributed by atoms with Crippen LogP contribution in [0.1, 0.15) is 20.8 Å². The Morgan fingerprint density at radius 1 is 0.667 bits per heavy atom. The van der Waals surface area contributed by atoms with Crippen LogP contribution in [-0.2, 0) is 18.9 Å². The van der Waals surface area contributed by atoms with Gasteiger partial charge in [-0.3, -0.25) is 4.74 Å². The topological polar surface area (TPSA) is 36.9 Å². The van der Waals surface area contributed by atoms with Crippen LogP contribution in [0.4, 0.5) is 13.2 Å². The summed E-state index contributed by atoms with van der Waals surface area (Å²) >= 11 is 0. The largest absolute Gasteiger partial charge is 0.522 e. The molecule has 0 aromatic rings. The first-order chi connectivity index (χ1) is 8.21. The lowest BCUT2D eigenvalue weighted by atomic mass is 10.2. The third-order valence-corrected chi connectivity index (χ3v) is 1.63. The molecular formula is C11H21F3O4. The van der Waals surface area contributed by atoms with Crippen LogP contribution in [0.2, 0.25) is 0 Å². The third-order valence-electron chi connectivity index (χ3n) is 1.63. The van der Waals surface area contributed by atoms with Crippen molar-refractivity contribution in [2.75, 3.05) is 39.6 Å². The highest BCUT2D eigenvalue weighted by atomic mass is 19.4. The number of alkyl halides is 3. The third kappa shape index (κ3) is 15.6. The number of hydrogen-bond acceptors (Lipinski definition) is 4. The molecule has 0 N–H and O–H groups in total. The lowest BCUT2D eigenvalue weighted by Gasteiger charge is -2.19. The van der Waals surface area contributed by atoms with Crippen molar-refractivity contribution in [3.63, 3.8) is 0 Å². The van der Waals surface area contributed by atoms with E-state index in [0.29, 0.717) is 19.8 Å². The highest BCUT2D eigenvalue weighted by Crippen LogP contribution is 2.15. The molecule has 0 heterocycles. The lowest BCUT2D eigenvalue weighted by Crippen LogP contribution is -2.22. The normalized spacial score (nSPS) is 13.0. The first-order valence-electron chi connectivity index (χ1n) is 5.71. The van der Waals surface area contributed by atoms with E-state index in [0.717, 1.165) is 0 Å². The zero-order chi connectivity index (χ0) is 14.1. The monoisotopic (exact) mass is 274 g/mol. The Bertz CT molecular complexity index is 179. The summed E-state index contributed by atoms with van der Waals surface area (Å²) in [5, 5.41) is 0. The summed E-state index contributed by atoms with van der Waals surface area (Å²) in [7, 11) is 0. The van der Waals surface area contributed by atoms with Gasteiger partial charge in [-0.25, -0.2) is 0 Å². The zero-order valence-corrected chi connectivity index (χ0v) is 11.0. The minimum Gasteiger partial charge on any atom is -0.377 e. The quantitative estimate of drug-likeness (QED) is 0.605. The molecule has 0 bridgehead atoms. The van der Waals surface area contributed by atoms with E-state index in [1.807, 2.05) is 20.8 Å². The van der Waals surface area contributed by atoms with Crippen LogP contribution in [0.5, 0.6) is 0 Å². The van der Waals surface area contributed by atoms with Crippen LogP contribution in [-0.4, -0.2) is 51.6 Å².